The van der Waals surface area contributed by atoms with E-state index in [-0.39, 0.29) is 12.4 Å². The van der Waals surface area contributed by atoms with Crippen LogP contribution in [0.25, 0.3) is 0 Å². The number of hydrogen-bond donors (Lipinski definition) is 2. The Bertz CT molecular complexity index is 480. The molecule has 0 saturated carbocycles. The Kier molecular flexibility index (Phi) is 4.04. The molecule has 0 bridgehead atoms. The maximum Gasteiger partial charge on any atom is 0.325 e. The van der Waals surface area contributed by atoms with Crippen molar-refractivity contribution >= 4 is 18.2 Å². The van der Waals surface area contributed by atoms with Crippen molar-refractivity contribution in [3.8, 4) is 0 Å². The van der Waals surface area contributed by atoms with Crippen molar-refractivity contribution in [2.75, 3.05) is 6.61 Å². The lowest BCUT2D eigenvalue weighted by molar-refractivity contribution is -0.394. The molecule has 4 atom stereocenters. The highest BCUT2D eigenvalue weighted by atomic mass is 32.1. The number of aliphatic hydroxyl groups is 2. The van der Waals surface area contributed by atoms with E-state index in [0.29, 0.717) is 0 Å². The quantitative estimate of drug-likeness (QED) is 0.563. The Balaban J connectivity index is 2.19. The third-order valence-corrected chi connectivity index (χ3v) is 2.95. The summed E-state index contributed by atoms with van der Waals surface area (Å²) in [4.78, 5) is 14.8. The van der Waals surface area contributed by atoms with Crippen molar-refractivity contribution in [1.82, 2.24) is 4.57 Å². The molecule has 1 aliphatic heterocycles. The van der Waals surface area contributed by atoms with Gasteiger partial charge in [0.2, 0.25) is 6.23 Å². The summed E-state index contributed by atoms with van der Waals surface area (Å²) < 4.78 is 9.48. The van der Waals surface area contributed by atoms with Crippen molar-refractivity contribution < 1.29 is 24.7 Å². The summed E-state index contributed by atoms with van der Waals surface area (Å²) in [7, 11) is 0. The van der Waals surface area contributed by atoms with E-state index in [9.17, 15) is 20.3 Å². The Morgan fingerprint density at radius 2 is 2.32 bits per heavy atom. The molecule has 104 valence electrons. The fourth-order valence-corrected chi connectivity index (χ4v) is 2.02. The van der Waals surface area contributed by atoms with Gasteiger partial charge >= 0.3 is 5.82 Å². The van der Waals surface area contributed by atoms with Crippen molar-refractivity contribution in [2.45, 2.75) is 24.5 Å². The van der Waals surface area contributed by atoms with E-state index in [4.69, 9.17) is 4.74 Å². The predicted molar refractivity (Wildman–Crippen MR) is 62.8 cm³/mol. The van der Waals surface area contributed by atoms with E-state index in [0.717, 1.165) is 4.57 Å². The number of aromatic nitrogens is 1. The highest BCUT2D eigenvalue weighted by Gasteiger charge is 2.47. The molecule has 9 nitrogen and oxygen atoms in total. The first-order valence-electron chi connectivity index (χ1n) is 5.33. The van der Waals surface area contributed by atoms with Crippen LogP contribution in [-0.2, 0) is 22.0 Å². The molecule has 0 aliphatic carbocycles. The highest BCUT2D eigenvalue weighted by molar-refractivity contribution is 7.47. The number of rotatable bonds is 5. The van der Waals surface area contributed by atoms with Crippen LogP contribution in [0.3, 0.4) is 0 Å². The summed E-state index contributed by atoms with van der Waals surface area (Å²) in [6, 6.07) is 2.72. The Hall–Kier alpha value is -1.62. The number of nitrogens with zero attached hydrogens (tertiary/aromatic N) is 3. The third kappa shape index (κ3) is 2.56. The summed E-state index contributed by atoms with van der Waals surface area (Å²) in [6.45, 7) is -0.146. The lowest BCUT2D eigenvalue weighted by Gasteiger charge is -2.13. The van der Waals surface area contributed by atoms with Crippen molar-refractivity contribution in [3.63, 3.8) is 0 Å². The molecular weight excluding hydrogens is 278 g/mol. The van der Waals surface area contributed by atoms with Gasteiger partial charge in [0.15, 0.2) is 0 Å². The number of aliphatic hydroxyl groups excluding tert-OH is 2. The zero-order valence-corrected chi connectivity index (χ0v) is 10.3. The van der Waals surface area contributed by atoms with Crippen LogP contribution in [0, 0.1) is 10.1 Å². The minimum Gasteiger partial charge on any atom is -0.387 e. The molecule has 0 spiro atoms. The first kappa shape index (κ1) is 13.8. The maximum absolute atomic E-state index is 10.8. The van der Waals surface area contributed by atoms with Gasteiger partial charge in [-0.1, -0.05) is 0 Å². The minimum absolute atomic E-state index is 0.146. The smallest absolute Gasteiger partial charge is 0.325 e. The second-order valence-electron chi connectivity index (χ2n) is 3.95. The zero-order valence-electron chi connectivity index (χ0n) is 9.53. The van der Waals surface area contributed by atoms with Crippen LogP contribution < -0.4 is 0 Å². The number of ether oxygens (including phenoxy) is 1. The van der Waals surface area contributed by atoms with E-state index < -0.39 is 29.5 Å². The highest BCUT2D eigenvalue weighted by Crippen LogP contribution is 2.32. The minimum atomic E-state index is -1.31. The average molecular weight is 289 g/mol. The molecule has 19 heavy (non-hydrogen) atoms. The van der Waals surface area contributed by atoms with Crippen molar-refractivity contribution in [2.24, 2.45) is 4.53 Å². The molecule has 2 rings (SSSR count). The van der Waals surface area contributed by atoms with E-state index >= 15 is 0 Å². The molecule has 1 saturated heterocycles. The monoisotopic (exact) mass is 289 g/mol. The summed E-state index contributed by atoms with van der Waals surface area (Å²) in [5.41, 5.74) is 0. The molecule has 2 N–H and O–H groups in total. The summed E-state index contributed by atoms with van der Waals surface area (Å²) in [6.07, 6.45) is -3.11. The number of nitro groups is 1. The molecule has 1 fully saturated rings. The van der Waals surface area contributed by atoms with Crippen molar-refractivity contribution in [3.05, 3.63) is 28.4 Å². The van der Waals surface area contributed by atoms with E-state index in [2.05, 4.69) is 21.8 Å². The first-order chi connectivity index (χ1) is 9.06. The number of hydrogen-bond acceptors (Lipinski definition) is 8. The second-order valence-corrected chi connectivity index (χ2v) is 4.10. The van der Waals surface area contributed by atoms with Gasteiger partial charge in [-0.05, 0) is 15.5 Å². The van der Waals surface area contributed by atoms with Crippen LogP contribution in [0.2, 0.25) is 0 Å². The van der Waals surface area contributed by atoms with E-state index in [1.54, 1.807) is 0 Å². The van der Waals surface area contributed by atoms with E-state index in [1.165, 1.54) is 18.3 Å². The third-order valence-electron chi connectivity index (χ3n) is 2.85. The van der Waals surface area contributed by atoms with E-state index in [1.807, 2.05) is 0 Å². The van der Waals surface area contributed by atoms with Crippen molar-refractivity contribution in [1.29, 1.82) is 0 Å². The SMILES string of the molecule is O=[N+]([O-])c1cccn1C1OC(CON=S)C(O)C1O. The van der Waals surface area contributed by atoms with Gasteiger partial charge < -0.3 is 29.9 Å². The second kappa shape index (κ2) is 5.57. The van der Waals surface area contributed by atoms with Gasteiger partial charge in [-0.3, -0.25) is 0 Å². The van der Waals surface area contributed by atoms with Gasteiger partial charge in [0, 0.05) is 6.07 Å². The molecule has 10 heteroatoms. The molecule has 1 aromatic heterocycles. The average Bonchev–Trinajstić information content (AvgIpc) is 2.95. The normalized spacial score (nSPS) is 30.2. The molecule has 1 aromatic rings. The molecule has 0 radical (unpaired) electrons. The largest absolute Gasteiger partial charge is 0.387 e. The lowest BCUT2D eigenvalue weighted by Crippen LogP contribution is -2.33. The molecule has 2 heterocycles. The van der Waals surface area contributed by atoms with Gasteiger partial charge in [0.25, 0.3) is 0 Å². The van der Waals surface area contributed by atoms with Crippen LogP contribution in [0.15, 0.2) is 22.9 Å². The predicted octanol–water partition coefficient (Wildman–Crippen LogP) is -0.322. The summed E-state index contributed by atoms with van der Waals surface area (Å²) in [5, 5.41) is 30.5. The lowest BCUT2D eigenvalue weighted by atomic mass is 10.1. The van der Waals surface area contributed by atoms with Crippen LogP contribution >= 0.6 is 0 Å². The van der Waals surface area contributed by atoms with Crippen LogP contribution in [0.4, 0.5) is 5.82 Å². The summed E-state index contributed by atoms with van der Waals surface area (Å²) >= 11 is 4.23. The Morgan fingerprint density at radius 3 is 2.95 bits per heavy atom. The van der Waals surface area contributed by atoms with Crippen LogP contribution in [-0.4, -0.2) is 44.6 Å². The van der Waals surface area contributed by atoms with Gasteiger partial charge in [-0.15, -0.1) is 0 Å². The van der Waals surface area contributed by atoms with Crippen LogP contribution in [0.5, 0.6) is 0 Å². The fourth-order valence-electron chi connectivity index (χ4n) is 1.96. The first-order valence-corrected chi connectivity index (χ1v) is 5.70. The summed E-state index contributed by atoms with van der Waals surface area (Å²) in [5.74, 6) is -0.245. The standard InChI is InChI=1S/C9H11N3O6S/c13-7-5(4-17-10-19)18-9(8(7)14)11-3-1-2-6(11)12(15)16/h1-3,5,7-9,13-14H,4H2. The van der Waals surface area contributed by atoms with Gasteiger partial charge in [-0.25, -0.2) is 4.57 Å². The molecule has 1 aliphatic rings. The van der Waals surface area contributed by atoms with Gasteiger partial charge in [0.1, 0.15) is 24.9 Å². The Morgan fingerprint density at radius 1 is 1.58 bits per heavy atom. The fraction of sp³-hybridized carbons (Fsp3) is 0.556. The molecule has 0 aromatic carbocycles. The molecule has 0 amide bonds. The zero-order chi connectivity index (χ0) is 14.0. The topological polar surface area (TPSA) is 119 Å². The van der Waals surface area contributed by atoms with Crippen LogP contribution in [0.1, 0.15) is 6.23 Å². The molecular formula is C9H11N3O6S. The maximum atomic E-state index is 10.8. The Labute approximate surface area is 112 Å². The van der Waals surface area contributed by atoms with Gasteiger partial charge in [0.05, 0.1) is 18.6 Å². The van der Waals surface area contributed by atoms with Gasteiger partial charge in [-0.2, -0.15) is 0 Å². The molecule has 4 unspecified atom stereocenters.